The molecule has 2 aliphatic heterocycles. The number of para-hydroxylation sites is 2. The molecule has 0 saturated carbocycles. The number of anilines is 1. The third-order valence-electron chi connectivity index (χ3n) is 6.17. The Bertz CT molecular complexity index is 784. The van der Waals surface area contributed by atoms with Crippen molar-refractivity contribution in [3.63, 3.8) is 0 Å². The van der Waals surface area contributed by atoms with Crippen LogP contribution in [0.3, 0.4) is 0 Å². The number of carbonyl (C=O) groups excluding carboxylic acids is 1. The monoisotopic (exact) mass is 378 g/mol. The average molecular weight is 379 g/mol. The van der Waals surface area contributed by atoms with E-state index in [1.54, 1.807) is 6.92 Å². The fraction of sp³-hybridized carbons (Fsp3) is 0.458. The number of nitrogens with zero attached hydrogens (tertiary/aromatic N) is 2. The van der Waals surface area contributed by atoms with E-state index in [0.29, 0.717) is 12.0 Å². The zero-order valence-corrected chi connectivity index (χ0v) is 16.7. The Labute approximate surface area is 168 Å². The molecule has 4 nitrogen and oxygen atoms in total. The lowest BCUT2D eigenvalue weighted by Gasteiger charge is -2.38. The summed E-state index contributed by atoms with van der Waals surface area (Å²) in [6.07, 6.45) is 4.37. The molecule has 0 N–H and O–H groups in total. The number of hydrogen-bond donors (Lipinski definition) is 0. The Morgan fingerprint density at radius 2 is 1.75 bits per heavy atom. The molecule has 4 heteroatoms. The van der Waals surface area contributed by atoms with Gasteiger partial charge < -0.3 is 14.5 Å². The van der Waals surface area contributed by atoms with Gasteiger partial charge in [0.25, 0.3) is 0 Å². The average Bonchev–Trinajstić information content (AvgIpc) is 2.74. The largest absolute Gasteiger partial charge is 0.493 e. The van der Waals surface area contributed by atoms with Crippen LogP contribution in [0.25, 0.3) is 0 Å². The second-order valence-corrected chi connectivity index (χ2v) is 7.96. The van der Waals surface area contributed by atoms with Gasteiger partial charge in [-0.1, -0.05) is 36.4 Å². The van der Waals surface area contributed by atoms with Gasteiger partial charge in [0.2, 0.25) is 5.91 Å². The zero-order chi connectivity index (χ0) is 19.3. The Balaban J connectivity index is 1.32. The molecule has 0 spiro atoms. The second kappa shape index (κ2) is 8.78. The summed E-state index contributed by atoms with van der Waals surface area (Å²) in [6.45, 7) is 5.76. The quantitative estimate of drug-likeness (QED) is 0.770. The molecule has 2 aliphatic rings. The number of likely N-dealkylation sites (tertiary alicyclic amines) is 1. The molecule has 4 rings (SSSR count). The van der Waals surface area contributed by atoms with Gasteiger partial charge in [-0.25, -0.2) is 0 Å². The van der Waals surface area contributed by atoms with Crippen molar-refractivity contribution >= 4 is 11.6 Å². The molecule has 28 heavy (non-hydrogen) atoms. The van der Waals surface area contributed by atoms with Crippen LogP contribution < -0.4 is 9.64 Å². The number of carbonyl (C=O) groups is 1. The summed E-state index contributed by atoms with van der Waals surface area (Å²) in [5.41, 5.74) is 2.39. The van der Waals surface area contributed by atoms with Gasteiger partial charge in [0.1, 0.15) is 5.75 Å². The van der Waals surface area contributed by atoms with E-state index in [-0.39, 0.29) is 5.91 Å². The number of hydrogen-bond acceptors (Lipinski definition) is 3. The van der Waals surface area contributed by atoms with Crippen LogP contribution in [-0.2, 0) is 4.79 Å². The van der Waals surface area contributed by atoms with E-state index >= 15 is 0 Å². The van der Waals surface area contributed by atoms with Gasteiger partial charge in [0.15, 0.2) is 0 Å². The van der Waals surface area contributed by atoms with E-state index in [9.17, 15) is 4.79 Å². The lowest BCUT2D eigenvalue weighted by atomic mass is 9.90. The SMILES string of the molecule is CC(=O)N(c1ccccc1)C1CCN(CCC2CCOc3ccccc32)CC1. The van der Waals surface area contributed by atoms with Crippen LogP contribution >= 0.6 is 0 Å². The van der Waals surface area contributed by atoms with Gasteiger partial charge in [-0.2, -0.15) is 0 Å². The highest BCUT2D eigenvalue weighted by molar-refractivity contribution is 5.92. The van der Waals surface area contributed by atoms with Gasteiger partial charge >= 0.3 is 0 Å². The van der Waals surface area contributed by atoms with Crippen molar-refractivity contribution in [3.05, 3.63) is 60.2 Å². The molecule has 2 heterocycles. The first kappa shape index (κ1) is 19.0. The van der Waals surface area contributed by atoms with Crippen molar-refractivity contribution in [3.8, 4) is 5.75 Å². The molecular formula is C24H30N2O2. The van der Waals surface area contributed by atoms with E-state index in [1.165, 1.54) is 12.0 Å². The summed E-state index contributed by atoms with van der Waals surface area (Å²) in [5, 5.41) is 0. The van der Waals surface area contributed by atoms with Crippen molar-refractivity contribution in [2.45, 2.75) is 44.6 Å². The van der Waals surface area contributed by atoms with E-state index < -0.39 is 0 Å². The molecule has 1 saturated heterocycles. The minimum atomic E-state index is 0.142. The Hall–Kier alpha value is -2.33. The van der Waals surface area contributed by atoms with Crippen molar-refractivity contribution in [1.29, 1.82) is 0 Å². The van der Waals surface area contributed by atoms with Crippen LogP contribution in [0.4, 0.5) is 5.69 Å². The van der Waals surface area contributed by atoms with Crippen molar-refractivity contribution in [2.24, 2.45) is 0 Å². The summed E-state index contributed by atoms with van der Waals surface area (Å²) in [7, 11) is 0. The second-order valence-electron chi connectivity index (χ2n) is 7.96. The molecule has 1 fully saturated rings. The highest BCUT2D eigenvalue weighted by Gasteiger charge is 2.28. The highest BCUT2D eigenvalue weighted by atomic mass is 16.5. The smallest absolute Gasteiger partial charge is 0.224 e. The van der Waals surface area contributed by atoms with Crippen LogP contribution in [0, 0.1) is 0 Å². The zero-order valence-electron chi connectivity index (χ0n) is 16.7. The Morgan fingerprint density at radius 1 is 1.04 bits per heavy atom. The van der Waals surface area contributed by atoms with Crippen molar-refractivity contribution < 1.29 is 9.53 Å². The number of benzene rings is 2. The normalized spacial score (nSPS) is 20.2. The van der Waals surface area contributed by atoms with Crippen LogP contribution in [0.15, 0.2) is 54.6 Å². The van der Waals surface area contributed by atoms with Gasteiger partial charge in [0, 0.05) is 31.7 Å². The Kier molecular flexibility index (Phi) is 5.96. The number of piperidine rings is 1. The first-order valence-corrected chi connectivity index (χ1v) is 10.5. The molecule has 0 aromatic heterocycles. The molecule has 0 radical (unpaired) electrons. The topological polar surface area (TPSA) is 32.8 Å². The first-order chi connectivity index (χ1) is 13.7. The summed E-state index contributed by atoms with van der Waals surface area (Å²) in [5.74, 6) is 1.81. The fourth-order valence-electron chi connectivity index (χ4n) is 4.69. The van der Waals surface area contributed by atoms with E-state index in [4.69, 9.17) is 4.74 Å². The maximum Gasteiger partial charge on any atom is 0.224 e. The third-order valence-corrected chi connectivity index (χ3v) is 6.17. The van der Waals surface area contributed by atoms with Crippen LogP contribution in [-0.4, -0.2) is 43.1 Å². The maximum absolute atomic E-state index is 12.3. The molecule has 0 aliphatic carbocycles. The van der Waals surface area contributed by atoms with Crippen molar-refractivity contribution in [1.82, 2.24) is 4.90 Å². The van der Waals surface area contributed by atoms with Gasteiger partial charge in [0.05, 0.1) is 6.61 Å². The third kappa shape index (κ3) is 4.22. The van der Waals surface area contributed by atoms with Crippen LogP contribution in [0.1, 0.15) is 44.1 Å². The number of fused-ring (bicyclic) bond motifs is 1. The van der Waals surface area contributed by atoms with Crippen LogP contribution in [0.5, 0.6) is 5.75 Å². The summed E-state index contributed by atoms with van der Waals surface area (Å²) in [4.78, 5) is 16.8. The minimum Gasteiger partial charge on any atom is -0.493 e. The van der Waals surface area contributed by atoms with Gasteiger partial charge in [-0.3, -0.25) is 4.79 Å². The number of amides is 1. The lowest BCUT2D eigenvalue weighted by molar-refractivity contribution is -0.117. The highest BCUT2D eigenvalue weighted by Crippen LogP contribution is 2.35. The van der Waals surface area contributed by atoms with Gasteiger partial charge in [-0.15, -0.1) is 0 Å². The maximum atomic E-state index is 12.3. The molecule has 1 amide bonds. The number of ether oxygens (including phenoxy) is 1. The minimum absolute atomic E-state index is 0.142. The predicted molar refractivity (Wildman–Crippen MR) is 113 cm³/mol. The lowest BCUT2D eigenvalue weighted by Crippen LogP contribution is -2.47. The molecule has 0 bridgehead atoms. The molecule has 2 aromatic carbocycles. The first-order valence-electron chi connectivity index (χ1n) is 10.5. The standard InChI is InChI=1S/C24H30N2O2/c1-19(27)26(21-7-3-2-4-8-21)22-12-16-25(17-13-22)15-11-20-14-18-28-24-10-6-5-9-23(20)24/h2-10,20,22H,11-18H2,1H3. The van der Waals surface area contributed by atoms with E-state index in [0.717, 1.165) is 56.9 Å². The Morgan fingerprint density at radius 3 is 2.50 bits per heavy atom. The molecule has 148 valence electrons. The van der Waals surface area contributed by atoms with E-state index in [1.807, 2.05) is 35.2 Å². The van der Waals surface area contributed by atoms with Crippen LogP contribution in [0.2, 0.25) is 0 Å². The van der Waals surface area contributed by atoms with Gasteiger partial charge in [-0.05, 0) is 61.9 Å². The summed E-state index contributed by atoms with van der Waals surface area (Å²) >= 11 is 0. The molecule has 1 atom stereocenters. The molecular weight excluding hydrogens is 348 g/mol. The fourth-order valence-corrected chi connectivity index (χ4v) is 4.69. The van der Waals surface area contributed by atoms with E-state index in [2.05, 4.69) is 29.2 Å². The van der Waals surface area contributed by atoms with Crippen molar-refractivity contribution in [2.75, 3.05) is 31.1 Å². The molecule has 2 aromatic rings. The summed E-state index contributed by atoms with van der Waals surface area (Å²) < 4.78 is 5.80. The number of rotatable bonds is 5. The molecule has 1 unspecified atom stereocenters. The predicted octanol–water partition coefficient (Wildman–Crippen LogP) is 4.46. The summed E-state index contributed by atoms with van der Waals surface area (Å²) in [6, 6.07) is 18.9.